The molecule has 0 aliphatic heterocycles. The van der Waals surface area contributed by atoms with E-state index in [9.17, 15) is 27.2 Å². The SMILES string of the molecule is C=C(F)C(=O)Nc1ccc(-c2nn3ncnc(N)c3c2-c2ccc(C(=O)NCC(F)(F)F)c(OC)c2)cn1. The molecule has 4 rings (SSSR count). The van der Waals surface area contributed by atoms with Gasteiger partial charge in [0.1, 0.15) is 35.7 Å². The Labute approximate surface area is 211 Å². The van der Waals surface area contributed by atoms with E-state index in [4.69, 9.17) is 10.5 Å². The van der Waals surface area contributed by atoms with Crippen molar-refractivity contribution in [3.63, 3.8) is 0 Å². The van der Waals surface area contributed by atoms with Crippen LogP contribution in [-0.2, 0) is 4.79 Å². The molecule has 196 valence electrons. The van der Waals surface area contributed by atoms with Gasteiger partial charge in [-0.1, -0.05) is 12.6 Å². The van der Waals surface area contributed by atoms with Gasteiger partial charge in [0.05, 0.1) is 12.7 Å². The molecule has 0 aliphatic rings. The Morgan fingerprint density at radius 2 is 1.89 bits per heavy atom. The average molecular weight is 530 g/mol. The highest BCUT2D eigenvalue weighted by Gasteiger charge is 2.29. The second-order valence-corrected chi connectivity index (χ2v) is 7.71. The molecule has 11 nitrogen and oxygen atoms in total. The van der Waals surface area contributed by atoms with Gasteiger partial charge >= 0.3 is 6.18 Å². The van der Waals surface area contributed by atoms with Crippen LogP contribution in [0.4, 0.5) is 29.2 Å². The van der Waals surface area contributed by atoms with E-state index in [2.05, 4.69) is 32.1 Å². The van der Waals surface area contributed by atoms with Crippen LogP contribution >= 0.6 is 0 Å². The molecule has 0 saturated heterocycles. The van der Waals surface area contributed by atoms with Gasteiger partial charge in [0, 0.05) is 17.3 Å². The highest BCUT2D eigenvalue weighted by molar-refractivity contribution is 6.02. The molecule has 0 unspecified atom stereocenters. The second kappa shape index (κ2) is 10.1. The maximum Gasteiger partial charge on any atom is 0.405 e. The fourth-order valence-electron chi connectivity index (χ4n) is 3.50. The van der Waals surface area contributed by atoms with Crippen LogP contribution in [0.25, 0.3) is 27.9 Å². The van der Waals surface area contributed by atoms with Gasteiger partial charge in [0.25, 0.3) is 11.8 Å². The summed E-state index contributed by atoms with van der Waals surface area (Å²) in [5, 5.41) is 12.6. The van der Waals surface area contributed by atoms with E-state index in [0.717, 1.165) is 0 Å². The number of nitrogens with zero attached hydrogens (tertiary/aromatic N) is 5. The number of aromatic nitrogens is 5. The normalized spacial score (nSPS) is 11.3. The van der Waals surface area contributed by atoms with Gasteiger partial charge in [0.15, 0.2) is 11.6 Å². The molecule has 15 heteroatoms. The Kier molecular flexibility index (Phi) is 6.92. The van der Waals surface area contributed by atoms with E-state index in [0.29, 0.717) is 27.9 Å². The fraction of sp³-hybridized carbons (Fsp3) is 0.130. The molecule has 1 aromatic carbocycles. The summed E-state index contributed by atoms with van der Waals surface area (Å²) < 4.78 is 57.2. The number of carbonyl (C=O) groups is 2. The number of halogens is 4. The van der Waals surface area contributed by atoms with Crippen molar-refractivity contribution in [2.75, 3.05) is 24.7 Å². The molecule has 4 aromatic rings. The van der Waals surface area contributed by atoms with Crippen molar-refractivity contribution < 1.29 is 31.9 Å². The summed E-state index contributed by atoms with van der Waals surface area (Å²) in [7, 11) is 1.26. The van der Waals surface area contributed by atoms with Gasteiger partial charge in [-0.3, -0.25) is 9.59 Å². The number of nitrogen functional groups attached to an aromatic ring is 1. The van der Waals surface area contributed by atoms with Crippen LogP contribution in [0.1, 0.15) is 10.4 Å². The van der Waals surface area contributed by atoms with E-state index >= 15 is 0 Å². The van der Waals surface area contributed by atoms with Gasteiger partial charge < -0.3 is 21.1 Å². The number of alkyl halides is 3. The quantitative estimate of drug-likeness (QED) is 0.244. The van der Waals surface area contributed by atoms with Crippen LogP contribution in [0.5, 0.6) is 5.75 Å². The predicted molar refractivity (Wildman–Crippen MR) is 128 cm³/mol. The van der Waals surface area contributed by atoms with Crippen LogP contribution < -0.4 is 21.1 Å². The number of anilines is 2. The number of hydrogen-bond acceptors (Lipinski definition) is 8. The molecule has 0 atom stereocenters. The first kappa shape index (κ1) is 26.0. The second-order valence-electron chi connectivity index (χ2n) is 7.71. The van der Waals surface area contributed by atoms with Gasteiger partial charge in [-0.05, 0) is 29.8 Å². The number of pyridine rings is 1. The first-order chi connectivity index (χ1) is 18.0. The maximum absolute atomic E-state index is 13.0. The largest absolute Gasteiger partial charge is 0.496 e. The zero-order valence-electron chi connectivity index (χ0n) is 19.5. The Bertz CT molecular complexity index is 1550. The summed E-state index contributed by atoms with van der Waals surface area (Å²) >= 11 is 0. The number of benzene rings is 1. The highest BCUT2D eigenvalue weighted by Crippen LogP contribution is 2.38. The third-order valence-corrected chi connectivity index (χ3v) is 5.18. The molecule has 0 aliphatic carbocycles. The van der Waals surface area contributed by atoms with Crippen molar-refractivity contribution >= 4 is 29.0 Å². The van der Waals surface area contributed by atoms with Gasteiger partial charge in [0.2, 0.25) is 0 Å². The molecule has 2 amide bonds. The summed E-state index contributed by atoms with van der Waals surface area (Å²) in [6, 6.07) is 7.17. The van der Waals surface area contributed by atoms with E-state index in [1.165, 1.54) is 48.5 Å². The van der Waals surface area contributed by atoms with E-state index in [1.807, 2.05) is 0 Å². The van der Waals surface area contributed by atoms with Crippen molar-refractivity contribution in [3.05, 3.63) is 60.8 Å². The summed E-state index contributed by atoms with van der Waals surface area (Å²) in [4.78, 5) is 32.0. The van der Waals surface area contributed by atoms with Crippen molar-refractivity contribution in [2.45, 2.75) is 6.18 Å². The Hall–Kier alpha value is -5.08. The van der Waals surface area contributed by atoms with Crippen LogP contribution in [0, 0.1) is 0 Å². The minimum Gasteiger partial charge on any atom is -0.496 e. The Morgan fingerprint density at radius 3 is 2.53 bits per heavy atom. The summed E-state index contributed by atoms with van der Waals surface area (Å²) in [5.74, 6) is -3.10. The molecule has 4 N–H and O–H groups in total. The fourth-order valence-corrected chi connectivity index (χ4v) is 3.50. The lowest BCUT2D eigenvalue weighted by molar-refractivity contribution is -0.123. The monoisotopic (exact) mass is 530 g/mol. The number of methoxy groups -OCH3 is 1. The number of hydrogen-bond donors (Lipinski definition) is 3. The van der Waals surface area contributed by atoms with Crippen molar-refractivity contribution in [1.82, 2.24) is 30.1 Å². The molecule has 0 radical (unpaired) electrons. The first-order valence-corrected chi connectivity index (χ1v) is 10.6. The number of rotatable bonds is 7. The minimum absolute atomic E-state index is 0.00877. The molecule has 0 bridgehead atoms. The Balaban J connectivity index is 1.79. The van der Waals surface area contributed by atoms with Gasteiger partial charge in [-0.2, -0.15) is 13.2 Å². The third-order valence-electron chi connectivity index (χ3n) is 5.18. The van der Waals surface area contributed by atoms with Crippen LogP contribution in [0.2, 0.25) is 0 Å². The zero-order chi connectivity index (χ0) is 27.6. The standard InChI is InChI=1S/C23H18F4N8O3/c1-11(24)21(36)33-16-6-4-13(8-29-16)18-17(19-20(28)31-10-32-35(19)34-18)12-3-5-14(15(7-12)38-2)22(37)30-9-23(25,26)27/h3-8,10H,1,9H2,2H3,(H,30,37)(H2,28,31,32)(H,29,33,36). The minimum atomic E-state index is -4.58. The van der Waals surface area contributed by atoms with E-state index in [1.54, 1.807) is 11.4 Å². The molecule has 38 heavy (non-hydrogen) atoms. The molecule has 3 heterocycles. The maximum atomic E-state index is 13.0. The topological polar surface area (TPSA) is 149 Å². The number of fused-ring (bicyclic) bond motifs is 1. The number of nitrogens with two attached hydrogens (primary N) is 1. The summed E-state index contributed by atoms with van der Waals surface area (Å²) in [5.41, 5.74) is 7.85. The highest BCUT2D eigenvalue weighted by atomic mass is 19.4. The first-order valence-electron chi connectivity index (χ1n) is 10.6. The van der Waals surface area contributed by atoms with Gasteiger partial charge in [-0.25, -0.2) is 14.4 Å². The lowest BCUT2D eigenvalue weighted by Crippen LogP contribution is -2.33. The van der Waals surface area contributed by atoms with E-state index < -0.39 is 30.4 Å². The van der Waals surface area contributed by atoms with E-state index in [-0.39, 0.29) is 22.9 Å². The lowest BCUT2D eigenvalue weighted by atomic mass is 9.98. The van der Waals surface area contributed by atoms with Crippen LogP contribution in [0.3, 0.4) is 0 Å². The Morgan fingerprint density at radius 1 is 1.16 bits per heavy atom. The molecular formula is C23H18F4N8O3. The van der Waals surface area contributed by atoms with Crippen molar-refractivity contribution in [3.8, 4) is 28.1 Å². The number of ether oxygens (including phenoxy) is 1. The third kappa shape index (κ3) is 5.35. The van der Waals surface area contributed by atoms with Gasteiger partial charge in [-0.15, -0.1) is 14.8 Å². The zero-order valence-corrected chi connectivity index (χ0v) is 19.5. The smallest absolute Gasteiger partial charge is 0.405 e. The lowest BCUT2D eigenvalue weighted by Gasteiger charge is -2.13. The van der Waals surface area contributed by atoms with Crippen molar-refractivity contribution in [1.29, 1.82) is 0 Å². The summed E-state index contributed by atoms with van der Waals surface area (Å²) in [6.45, 7) is 1.41. The average Bonchev–Trinajstić information content (AvgIpc) is 3.27. The van der Waals surface area contributed by atoms with Crippen LogP contribution in [-0.4, -0.2) is 56.4 Å². The number of carbonyl (C=O) groups excluding carboxylic acids is 2. The molecular weight excluding hydrogens is 512 g/mol. The molecule has 3 aromatic heterocycles. The molecule has 0 fully saturated rings. The van der Waals surface area contributed by atoms with Crippen molar-refractivity contribution in [2.24, 2.45) is 0 Å². The molecule has 0 saturated carbocycles. The van der Waals surface area contributed by atoms with Crippen LogP contribution in [0.15, 0.2) is 55.3 Å². The predicted octanol–water partition coefficient (Wildman–Crippen LogP) is 3.16. The number of nitrogens with one attached hydrogen (secondary N) is 2. The summed E-state index contributed by atoms with van der Waals surface area (Å²) in [6.07, 6.45) is -2.03. The molecule has 0 spiro atoms. The number of amides is 2.